The number of hydrogen-bond acceptors (Lipinski definition) is 2. The second kappa shape index (κ2) is 5.14. The quantitative estimate of drug-likeness (QED) is 0.848. The number of cyclic esters (lactones) is 1. The number of amides is 1. The van der Waals surface area contributed by atoms with Gasteiger partial charge < -0.3 is 4.74 Å². The molecule has 4 heteroatoms. The molecule has 1 atom stereocenters. The number of rotatable bonds is 3. The van der Waals surface area contributed by atoms with Crippen LogP contribution in [0.25, 0.3) is 0 Å². The van der Waals surface area contributed by atoms with Gasteiger partial charge in [-0.05, 0) is 16.5 Å². The van der Waals surface area contributed by atoms with Gasteiger partial charge in [-0.3, -0.25) is 4.90 Å². The lowest BCUT2D eigenvalue weighted by atomic mass is 9.80. The summed E-state index contributed by atoms with van der Waals surface area (Å²) in [6.07, 6.45) is 1.42. The molecule has 1 aliphatic rings. The Morgan fingerprint density at radius 2 is 2.06 bits per heavy atom. The van der Waals surface area contributed by atoms with E-state index in [2.05, 4.69) is 29.8 Å². The first-order chi connectivity index (χ1) is 8.63. The molecule has 0 N–H and O–H groups in total. The van der Waals surface area contributed by atoms with Crippen LogP contribution in [-0.2, 0) is 10.3 Å². The summed E-state index contributed by atoms with van der Waals surface area (Å²) in [4.78, 5) is 15.2. The van der Waals surface area contributed by atoms with E-state index in [0.29, 0.717) is 6.61 Å². The van der Waals surface area contributed by atoms with Crippen LogP contribution >= 0.6 is 15.9 Å². The van der Waals surface area contributed by atoms with Gasteiger partial charge in [0, 0.05) is 6.20 Å². The van der Waals surface area contributed by atoms with Crippen molar-refractivity contribution in [2.24, 2.45) is 5.92 Å². The van der Waals surface area contributed by atoms with Crippen LogP contribution in [-0.4, -0.2) is 17.6 Å². The first-order valence-electron chi connectivity index (χ1n) is 5.91. The largest absolute Gasteiger partial charge is 0.446 e. The highest BCUT2D eigenvalue weighted by atomic mass is 79.9. The minimum Gasteiger partial charge on any atom is -0.446 e. The smallest absolute Gasteiger partial charge is 0.414 e. The molecule has 96 valence electrons. The highest BCUT2D eigenvalue weighted by Crippen LogP contribution is 2.41. The Morgan fingerprint density at radius 3 is 2.61 bits per heavy atom. The number of carbonyl (C=O) groups excluding carboxylic acids is 1. The van der Waals surface area contributed by atoms with Crippen LogP contribution in [0.3, 0.4) is 0 Å². The van der Waals surface area contributed by atoms with E-state index in [4.69, 9.17) is 4.74 Å². The number of benzene rings is 1. The van der Waals surface area contributed by atoms with Gasteiger partial charge in [0.1, 0.15) is 12.1 Å². The zero-order valence-corrected chi connectivity index (χ0v) is 12.1. The molecule has 1 saturated heterocycles. The summed E-state index contributed by atoms with van der Waals surface area (Å²) in [7, 11) is 0. The van der Waals surface area contributed by atoms with Crippen molar-refractivity contribution >= 4 is 22.0 Å². The van der Waals surface area contributed by atoms with Crippen molar-refractivity contribution in [3.63, 3.8) is 0 Å². The third-order valence-corrected chi connectivity index (χ3v) is 3.71. The second-order valence-electron chi connectivity index (χ2n) is 4.64. The topological polar surface area (TPSA) is 29.5 Å². The molecule has 0 unspecified atom stereocenters. The van der Waals surface area contributed by atoms with Gasteiger partial charge in [0.25, 0.3) is 0 Å². The molecule has 1 fully saturated rings. The van der Waals surface area contributed by atoms with Crippen LogP contribution in [0.15, 0.2) is 41.5 Å². The van der Waals surface area contributed by atoms with Crippen LogP contribution < -0.4 is 0 Å². The minimum absolute atomic E-state index is 0.245. The zero-order chi connectivity index (χ0) is 13.2. The summed E-state index contributed by atoms with van der Waals surface area (Å²) in [5.41, 5.74) is 0.666. The summed E-state index contributed by atoms with van der Waals surface area (Å²) in [6.45, 7) is 4.58. The Labute approximate surface area is 116 Å². The van der Waals surface area contributed by atoms with E-state index >= 15 is 0 Å². The van der Waals surface area contributed by atoms with Crippen molar-refractivity contribution in [1.29, 1.82) is 0 Å². The van der Waals surface area contributed by atoms with E-state index in [9.17, 15) is 4.79 Å². The lowest BCUT2D eigenvalue weighted by Crippen LogP contribution is -2.45. The van der Waals surface area contributed by atoms with Crippen molar-refractivity contribution in [1.82, 2.24) is 4.90 Å². The van der Waals surface area contributed by atoms with Gasteiger partial charge in [0.2, 0.25) is 0 Å². The monoisotopic (exact) mass is 309 g/mol. The SMILES string of the molecule is CC(C)[C@@]1(c2ccccc2)COC(=O)N1/C=C/Br. The number of halogens is 1. The Morgan fingerprint density at radius 1 is 1.39 bits per heavy atom. The van der Waals surface area contributed by atoms with Gasteiger partial charge in [0.15, 0.2) is 0 Å². The first kappa shape index (κ1) is 13.1. The summed E-state index contributed by atoms with van der Waals surface area (Å²) >= 11 is 3.23. The third kappa shape index (κ3) is 1.94. The molecule has 3 nitrogen and oxygen atoms in total. The van der Waals surface area contributed by atoms with E-state index in [1.165, 1.54) is 0 Å². The number of ether oxygens (including phenoxy) is 1. The standard InChI is InChI=1S/C14H16BrNO2/c1-11(2)14(12-6-4-3-5-7-12)10-18-13(17)16(14)9-8-15/h3-9,11H,10H2,1-2H3/b9-8+/t14-/m1/s1. The molecule has 1 amide bonds. The lowest BCUT2D eigenvalue weighted by molar-refractivity contribution is 0.152. The summed E-state index contributed by atoms with van der Waals surface area (Å²) < 4.78 is 5.26. The van der Waals surface area contributed by atoms with Gasteiger partial charge in [-0.15, -0.1) is 0 Å². The molecular formula is C14H16BrNO2. The van der Waals surface area contributed by atoms with Gasteiger partial charge in [-0.2, -0.15) is 0 Å². The molecule has 1 aromatic rings. The molecule has 0 spiro atoms. The summed E-state index contributed by atoms with van der Waals surface area (Å²) in [6, 6.07) is 10.0. The Bertz CT molecular complexity index is 458. The molecular weight excluding hydrogens is 294 g/mol. The Balaban J connectivity index is 2.54. The Hall–Kier alpha value is -1.29. The highest BCUT2D eigenvalue weighted by molar-refractivity contribution is 9.11. The average molecular weight is 310 g/mol. The van der Waals surface area contributed by atoms with E-state index in [0.717, 1.165) is 5.56 Å². The maximum Gasteiger partial charge on any atom is 0.414 e. The number of hydrogen-bond donors (Lipinski definition) is 0. The molecule has 1 heterocycles. The second-order valence-corrected chi connectivity index (χ2v) is 5.17. The van der Waals surface area contributed by atoms with Crippen molar-refractivity contribution < 1.29 is 9.53 Å². The normalized spacial score (nSPS) is 24.0. The van der Waals surface area contributed by atoms with Gasteiger partial charge in [-0.25, -0.2) is 4.79 Å². The molecule has 0 saturated carbocycles. The number of carbonyl (C=O) groups is 1. The van der Waals surface area contributed by atoms with Crippen LogP contribution in [0.4, 0.5) is 4.79 Å². The molecule has 1 aliphatic heterocycles. The fourth-order valence-electron chi connectivity index (χ4n) is 2.45. The van der Waals surface area contributed by atoms with E-state index in [1.54, 1.807) is 16.1 Å². The van der Waals surface area contributed by atoms with Crippen LogP contribution in [0.2, 0.25) is 0 Å². The molecule has 0 radical (unpaired) electrons. The zero-order valence-electron chi connectivity index (χ0n) is 10.5. The van der Waals surface area contributed by atoms with Crippen LogP contribution in [0, 0.1) is 5.92 Å². The molecule has 18 heavy (non-hydrogen) atoms. The van der Waals surface area contributed by atoms with E-state index in [-0.39, 0.29) is 12.0 Å². The maximum absolute atomic E-state index is 11.9. The summed E-state index contributed by atoms with van der Waals surface area (Å²) in [5, 5.41) is 0. The predicted octanol–water partition coefficient (Wildman–Crippen LogP) is 3.86. The molecule has 0 bridgehead atoms. The van der Waals surface area contributed by atoms with Gasteiger partial charge in [-0.1, -0.05) is 60.1 Å². The van der Waals surface area contributed by atoms with Gasteiger partial charge >= 0.3 is 6.09 Å². The lowest BCUT2D eigenvalue weighted by Gasteiger charge is -2.37. The van der Waals surface area contributed by atoms with Gasteiger partial charge in [0.05, 0.1) is 0 Å². The molecule has 0 aliphatic carbocycles. The fourth-order valence-corrected chi connectivity index (χ4v) is 2.69. The maximum atomic E-state index is 11.9. The van der Waals surface area contributed by atoms with E-state index < -0.39 is 5.54 Å². The summed E-state index contributed by atoms with van der Waals surface area (Å²) in [5.74, 6) is 0.245. The molecule has 2 rings (SSSR count). The fraction of sp³-hybridized carbons (Fsp3) is 0.357. The highest BCUT2D eigenvalue weighted by Gasteiger charge is 2.50. The van der Waals surface area contributed by atoms with Crippen LogP contribution in [0.5, 0.6) is 0 Å². The van der Waals surface area contributed by atoms with Crippen molar-refractivity contribution in [2.75, 3.05) is 6.61 Å². The average Bonchev–Trinajstić information content (AvgIpc) is 2.70. The Kier molecular flexibility index (Phi) is 3.76. The van der Waals surface area contributed by atoms with E-state index in [1.807, 2.05) is 30.3 Å². The molecule has 1 aromatic carbocycles. The van der Waals surface area contributed by atoms with Crippen LogP contribution in [0.1, 0.15) is 19.4 Å². The van der Waals surface area contributed by atoms with Crippen molar-refractivity contribution in [3.8, 4) is 0 Å². The van der Waals surface area contributed by atoms with Crippen molar-refractivity contribution in [2.45, 2.75) is 19.4 Å². The minimum atomic E-state index is -0.428. The first-order valence-corrected chi connectivity index (χ1v) is 6.83. The number of nitrogens with zero attached hydrogens (tertiary/aromatic N) is 1. The predicted molar refractivity (Wildman–Crippen MR) is 74.2 cm³/mol. The third-order valence-electron chi connectivity index (χ3n) is 3.48. The van der Waals surface area contributed by atoms with Crippen molar-refractivity contribution in [3.05, 3.63) is 47.1 Å². The molecule has 0 aromatic heterocycles.